The van der Waals surface area contributed by atoms with E-state index in [4.69, 9.17) is 9.47 Å². The van der Waals surface area contributed by atoms with Crippen LogP contribution >= 0.6 is 0 Å². The predicted octanol–water partition coefficient (Wildman–Crippen LogP) is 4.80. The first-order valence-corrected chi connectivity index (χ1v) is 9.09. The van der Waals surface area contributed by atoms with Crippen molar-refractivity contribution in [3.05, 3.63) is 36.0 Å². The molecule has 2 fully saturated rings. The highest BCUT2D eigenvalue weighted by atomic mass is 16.7. The molecule has 0 radical (unpaired) electrons. The van der Waals surface area contributed by atoms with Crippen LogP contribution in [0.4, 0.5) is 0 Å². The zero-order valence-corrected chi connectivity index (χ0v) is 15.4. The van der Waals surface area contributed by atoms with Crippen LogP contribution in [0.1, 0.15) is 52.9 Å². The number of rotatable bonds is 3. The summed E-state index contributed by atoms with van der Waals surface area (Å²) in [6.45, 7) is 11.7. The number of ether oxygens (including phenoxy) is 2. The lowest BCUT2D eigenvalue weighted by Crippen LogP contribution is -2.48. The van der Waals surface area contributed by atoms with Crippen LogP contribution in [0.25, 0.3) is 0 Å². The summed E-state index contributed by atoms with van der Waals surface area (Å²) in [6.07, 6.45) is 11.4. The molecular weight excluding hydrogens is 300 g/mol. The molecule has 2 aliphatic carbocycles. The smallest absolute Gasteiger partial charge is 0.333 e. The molecule has 24 heavy (non-hydrogen) atoms. The number of hydrogen-bond acceptors (Lipinski definition) is 3. The molecule has 1 aliphatic heterocycles. The molecule has 0 aromatic heterocycles. The van der Waals surface area contributed by atoms with E-state index in [1.54, 1.807) is 7.11 Å². The Hall–Kier alpha value is -1.35. The second-order valence-corrected chi connectivity index (χ2v) is 8.58. The van der Waals surface area contributed by atoms with Crippen molar-refractivity contribution >= 4 is 5.97 Å². The van der Waals surface area contributed by atoms with Gasteiger partial charge in [0.1, 0.15) is 0 Å². The summed E-state index contributed by atoms with van der Waals surface area (Å²) < 4.78 is 10.4. The molecule has 0 aromatic carbocycles. The molecule has 0 saturated heterocycles. The highest BCUT2D eigenvalue weighted by Gasteiger charge is 2.52. The lowest BCUT2D eigenvalue weighted by Gasteiger charge is -2.57. The molecule has 0 amide bonds. The number of fused-ring (bicyclic) bond motifs is 1. The number of allylic oxidation sites excluding steroid dienone is 2. The van der Waals surface area contributed by atoms with E-state index in [9.17, 15) is 4.79 Å². The van der Waals surface area contributed by atoms with Crippen LogP contribution in [0.15, 0.2) is 36.0 Å². The van der Waals surface area contributed by atoms with Gasteiger partial charge in [-0.2, -0.15) is 0 Å². The normalized spacial score (nSPS) is 38.8. The molecule has 3 rings (SSSR count). The van der Waals surface area contributed by atoms with Crippen molar-refractivity contribution < 1.29 is 14.3 Å². The molecule has 0 unspecified atom stereocenters. The Morgan fingerprint density at radius 2 is 2.08 bits per heavy atom. The van der Waals surface area contributed by atoms with Crippen molar-refractivity contribution in [1.29, 1.82) is 0 Å². The summed E-state index contributed by atoms with van der Waals surface area (Å²) in [5, 5.41) is 0. The number of hydrogen-bond donors (Lipinski definition) is 0. The highest BCUT2D eigenvalue weighted by molar-refractivity contribution is 5.86. The van der Waals surface area contributed by atoms with Gasteiger partial charge in [0.25, 0.3) is 0 Å². The SMILES string of the molecule is C=C1CC[C@H]2C(C)(C)CCC[C@]2(C)[C@H]1C=CC1=CC(=O)O[C@@H]1OC. The Bertz CT molecular complexity index is 598. The Kier molecular flexibility index (Phi) is 4.50. The molecule has 3 aliphatic rings. The molecule has 132 valence electrons. The number of cyclic esters (lactones) is 1. The molecule has 3 heteroatoms. The number of carbonyl (C=O) groups excluding carboxylic acids is 1. The molecule has 0 spiro atoms. The van der Waals surface area contributed by atoms with Gasteiger partial charge in [0.15, 0.2) is 0 Å². The average Bonchev–Trinajstić information content (AvgIpc) is 2.85. The molecule has 2 saturated carbocycles. The third-order valence-electron chi connectivity index (χ3n) is 6.66. The van der Waals surface area contributed by atoms with Crippen molar-refractivity contribution in [2.45, 2.75) is 59.2 Å². The third-order valence-corrected chi connectivity index (χ3v) is 6.66. The van der Waals surface area contributed by atoms with E-state index in [0.29, 0.717) is 17.3 Å². The molecular formula is C21H30O3. The summed E-state index contributed by atoms with van der Waals surface area (Å²) in [4.78, 5) is 11.5. The Morgan fingerprint density at radius 1 is 1.33 bits per heavy atom. The van der Waals surface area contributed by atoms with E-state index in [-0.39, 0.29) is 11.4 Å². The molecule has 4 atom stereocenters. The molecule has 0 bridgehead atoms. The third kappa shape index (κ3) is 2.88. The average molecular weight is 330 g/mol. The van der Waals surface area contributed by atoms with E-state index < -0.39 is 6.29 Å². The van der Waals surface area contributed by atoms with Gasteiger partial charge in [-0.05, 0) is 42.4 Å². The summed E-state index contributed by atoms with van der Waals surface area (Å²) in [5.74, 6) is 0.740. The summed E-state index contributed by atoms with van der Waals surface area (Å²) >= 11 is 0. The van der Waals surface area contributed by atoms with Crippen LogP contribution in [-0.2, 0) is 14.3 Å². The Morgan fingerprint density at radius 3 is 2.79 bits per heavy atom. The minimum absolute atomic E-state index is 0.250. The fourth-order valence-electron chi connectivity index (χ4n) is 5.50. The van der Waals surface area contributed by atoms with Gasteiger partial charge >= 0.3 is 5.97 Å². The topological polar surface area (TPSA) is 35.5 Å². The minimum Gasteiger partial charge on any atom is -0.428 e. The first kappa shape index (κ1) is 17.5. The van der Waals surface area contributed by atoms with Crippen LogP contribution in [0, 0.1) is 22.7 Å². The summed E-state index contributed by atoms with van der Waals surface area (Å²) in [7, 11) is 1.56. The first-order valence-electron chi connectivity index (χ1n) is 9.09. The van der Waals surface area contributed by atoms with E-state index in [1.165, 1.54) is 37.3 Å². The van der Waals surface area contributed by atoms with Crippen molar-refractivity contribution in [3.63, 3.8) is 0 Å². The highest BCUT2D eigenvalue weighted by Crippen LogP contribution is 2.61. The standard InChI is InChI=1S/C21H30O3/c1-14-7-10-17-20(2,3)11-6-12-21(17,4)16(14)9-8-15-13-18(22)24-19(15)23-5/h8-9,13,16-17,19H,1,6-7,10-12H2,2-5H3/t16-,17-,19-,21+/m0/s1. The quantitative estimate of drug-likeness (QED) is 0.551. The van der Waals surface area contributed by atoms with E-state index in [2.05, 4.69) is 33.4 Å². The second-order valence-electron chi connectivity index (χ2n) is 8.58. The maximum Gasteiger partial charge on any atom is 0.333 e. The Labute approximate surface area is 145 Å². The largest absolute Gasteiger partial charge is 0.428 e. The number of methoxy groups -OCH3 is 1. The minimum atomic E-state index is -0.572. The van der Waals surface area contributed by atoms with Crippen LogP contribution in [0.3, 0.4) is 0 Å². The maximum absolute atomic E-state index is 11.5. The lowest BCUT2D eigenvalue weighted by molar-refractivity contribution is -0.154. The van der Waals surface area contributed by atoms with E-state index in [1.807, 2.05) is 6.08 Å². The predicted molar refractivity (Wildman–Crippen MR) is 95.2 cm³/mol. The van der Waals surface area contributed by atoms with Crippen LogP contribution in [-0.4, -0.2) is 19.4 Å². The van der Waals surface area contributed by atoms with Gasteiger partial charge in [0, 0.05) is 24.7 Å². The molecule has 1 heterocycles. The van der Waals surface area contributed by atoms with Gasteiger partial charge < -0.3 is 9.47 Å². The molecule has 3 nitrogen and oxygen atoms in total. The van der Waals surface area contributed by atoms with Crippen molar-refractivity contribution in [1.82, 2.24) is 0 Å². The summed E-state index contributed by atoms with van der Waals surface area (Å²) in [5.41, 5.74) is 2.76. The van der Waals surface area contributed by atoms with Crippen molar-refractivity contribution in [2.24, 2.45) is 22.7 Å². The fraction of sp³-hybridized carbons (Fsp3) is 0.667. The second kappa shape index (κ2) is 6.18. The van der Waals surface area contributed by atoms with Gasteiger partial charge in [-0.15, -0.1) is 0 Å². The van der Waals surface area contributed by atoms with Gasteiger partial charge in [0.2, 0.25) is 6.29 Å². The summed E-state index contributed by atoms with van der Waals surface area (Å²) in [6, 6.07) is 0. The number of esters is 1. The van der Waals surface area contributed by atoms with Crippen molar-refractivity contribution in [2.75, 3.05) is 7.11 Å². The zero-order chi connectivity index (χ0) is 17.5. The fourth-order valence-corrected chi connectivity index (χ4v) is 5.50. The maximum atomic E-state index is 11.5. The van der Waals surface area contributed by atoms with Crippen LogP contribution in [0.5, 0.6) is 0 Å². The van der Waals surface area contributed by atoms with Crippen molar-refractivity contribution in [3.8, 4) is 0 Å². The lowest BCUT2D eigenvalue weighted by atomic mass is 9.47. The van der Waals surface area contributed by atoms with Gasteiger partial charge in [-0.25, -0.2) is 4.79 Å². The number of carbonyl (C=O) groups is 1. The monoisotopic (exact) mass is 330 g/mol. The zero-order valence-electron chi connectivity index (χ0n) is 15.4. The van der Waals surface area contributed by atoms with E-state index >= 15 is 0 Å². The van der Waals surface area contributed by atoms with Gasteiger partial charge in [-0.1, -0.05) is 51.5 Å². The van der Waals surface area contributed by atoms with E-state index in [0.717, 1.165) is 12.0 Å². The molecule has 0 aromatic rings. The Balaban J connectivity index is 1.88. The van der Waals surface area contributed by atoms with Crippen LogP contribution in [0.2, 0.25) is 0 Å². The van der Waals surface area contributed by atoms with Gasteiger partial charge in [0.05, 0.1) is 0 Å². The molecule has 0 N–H and O–H groups in total. The van der Waals surface area contributed by atoms with Gasteiger partial charge in [-0.3, -0.25) is 0 Å². The van der Waals surface area contributed by atoms with Crippen LogP contribution < -0.4 is 0 Å². The first-order chi connectivity index (χ1) is 11.3.